The third-order valence-corrected chi connectivity index (χ3v) is 3.45. The number of carbonyl (C=O) groups excluding carboxylic acids is 1. The van der Waals surface area contributed by atoms with Crippen molar-refractivity contribution in [2.45, 2.75) is 4.90 Å². The molecule has 0 aliphatic rings. The molecule has 0 heterocycles. The van der Waals surface area contributed by atoms with Crippen molar-refractivity contribution in [3.63, 3.8) is 0 Å². The topological polar surface area (TPSA) is 101 Å². The van der Waals surface area contributed by atoms with Gasteiger partial charge in [0.1, 0.15) is 5.82 Å². The van der Waals surface area contributed by atoms with Gasteiger partial charge in [-0.25, -0.2) is 22.7 Å². The van der Waals surface area contributed by atoms with Crippen molar-refractivity contribution in [1.82, 2.24) is 0 Å². The minimum atomic E-state index is -3.86. The second-order valence-electron chi connectivity index (χ2n) is 4.13. The molecule has 0 saturated carbocycles. The second-order valence-corrected chi connectivity index (χ2v) is 5.69. The zero-order valence-electron chi connectivity index (χ0n) is 10.7. The van der Waals surface area contributed by atoms with Gasteiger partial charge in [0.25, 0.3) is 0 Å². The van der Waals surface area contributed by atoms with Crippen molar-refractivity contribution < 1.29 is 17.6 Å². The van der Waals surface area contributed by atoms with Gasteiger partial charge in [-0.05, 0) is 30.3 Å². The fourth-order valence-electron chi connectivity index (χ4n) is 1.60. The lowest BCUT2D eigenvalue weighted by atomic mass is 10.3. The van der Waals surface area contributed by atoms with E-state index >= 15 is 0 Å². The maximum atomic E-state index is 13.4. The Bertz CT molecular complexity index is 778. The summed E-state index contributed by atoms with van der Waals surface area (Å²) in [5.74, 6) is -0.578. The molecule has 0 spiro atoms. The summed E-state index contributed by atoms with van der Waals surface area (Å²) in [4.78, 5) is 11.6. The summed E-state index contributed by atoms with van der Waals surface area (Å²) in [6, 6.07) is 10.4. The number of amides is 2. The molecule has 2 aromatic carbocycles. The molecule has 21 heavy (non-hydrogen) atoms. The van der Waals surface area contributed by atoms with E-state index in [1.54, 1.807) is 6.07 Å². The van der Waals surface area contributed by atoms with E-state index in [9.17, 15) is 17.6 Å². The Kier molecular flexibility index (Phi) is 4.20. The van der Waals surface area contributed by atoms with E-state index in [2.05, 4.69) is 10.6 Å². The van der Waals surface area contributed by atoms with Crippen molar-refractivity contribution in [3.05, 3.63) is 54.3 Å². The molecule has 4 N–H and O–H groups in total. The largest absolute Gasteiger partial charge is 0.323 e. The van der Waals surface area contributed by atoms with Crippen LogP contribution < -0.4 is 15.8 Å². The number of rotatable bonds is 3. The first kappa shape index (κ1) is 14.9. The van der Waals surface area contributed by atoms with Crippen molar-refractivity contribution in [3.8, 4) is 0 Å². The summed E-state index contributed by atoms with van der Waals surface area (Å²) < 4.78 is 35.8. The zero-order chi connectivity index (χ0) is 15.5. The first-order chi connectivity index (χ1) is 9.86. The number of sulfonamides is 1. The van der Waals surface area contributed by atoms with Crippen LogP contribution in [0, 0.1) is 5.82 Å². The van der Waals surface area contributed by atoms with E-state index in [1.807, 2.05) is 0 Å². The van der Waals surface area contributed by atoms with Gasteiger partial charge in [-0.1, -0.05) is 18.2 Å². The number of halogens is 1. The van der Waals surface area contributed by atoms with Gasteiger partial charge in [-0.15, -0.1) is 0 Å². The van der Waals surface area contributed by atoms with Crippen molar-refractivity contribution in [2.24, 2.45) is 5.14 Å². The zero-order valence-corrected chi connectivity index (χ0v) is 11.5. The second kappa shape index (κ2) is 5.90. The average Bonchev–Trinajstić information content (AvgIpc) is 2.41. The number of hydrogen-bond acceptors (Lipinski definition) is 3. The maximum Gasteiger partial charge on any atom is 0.323 e. The standard InChI is InChI=1S/C13H12FN3O3S/c14-11-6-1-2-7-12(11)17-13(18)16-9-4-3-5-10(8-9)21(15,19)20/h1-8H,(H2,15,19,20)(H2,16,17,18). The monoisotopic (exact) mass is 309 g/mol. The average molecular weight is 309 g/mol. The van der Waals surface area contributed by atoms with Crippen LogP contribution in [0.1, 0.15) is 0 Å². The molecular weight excluding hydrogens is 297 g/mol. The first-order valence-electron chi connectivity index (χ1n) is 5.81. The lowest BCUT2D eigenvalue weighted by molar-refractivity contribution is 0.262. The fourth-order valence-corrected chi connectivity index (χ4v) is 2.16. The van der Waals surface area contributed by atoms with Gasteiger partial charge in [0, 0.05) is 5.69 Å². The molecule has 0 bridgehead atoms. The molecule has 6 nitrogen and oxygen atoms in total. The summed E-state index contributed by atoms with van der Waals surface area (Å²) >= 11 is 0. The van der Waals surface area contributed by atoms with E-state index in [-0.39, 0.29) is 16.3 Å². The third kappa shape index (κ3) is 4.01. The Labute approximate surface area is 120 Å². The molecule has 2 amide bonds. The van der Waals surface area contributed by atoms with Crippen LogP contribution in [0.15, 0.2) is 53.4 Å². The molecule has 0 aliphatic heterocycles. The summed E-state index contributed by atoms with van der Waals surface area (Å²) in [6.07, 6.45) is 0. The van der Waals surface area contributed by atoms with Crippen molar-refractivity contribution in [1.29, 1.82) is 0 Å². The molecular formula is C13H12FN3O3S. The van der Waals surface area contributed by atoms with E-state index in [0.29, 0.717) is 0 Å². The van der Waals surface area contributed by atoms with Gasteiger partial charge in [-0.2, -0.15) is 0 Å². The summed E-state index contributed by atoms with van der Waals surface area (Å²) in [5, 5.41) is 9.70. The van der Waals surface area contributed by atoms with E-state index < -0.39 is 21.9 Å². The Morgan fingerprint density at radius 1 is 1.05 bits per heavy atom. The minimum Gasteiger partial charge on any atom is -0.308 e. The normalized spacial score (nSPS) is 11.0. The summed E-state index contributed by atoms with van der Waals surface area (Å²) in [7, 11) is -3.86. The van der Waals surface area contributed by atoms with Crippen LogP contribution in [-0.4, -0.2) is 14.4 Å². The summed E-state index contributed by atoms with van der Waals surface area (Å²) in [6.45, 7) is 0. The Morgan fingerprint density at radius 3 is 2.43 bits per heavy atom. The molecule has 2 aromatic rings. The van der Waals surface area contributed by atoms with Gasteiger partial charge in [0.05, 0.1) is 10.6 Å². The fraction of sp³-hybridized carbons (Fsp3) is 0. The van der Waals surface area contributed by atoms with Crippen LogP contribution >= 0.6 is 0 Å². The minimum absolute atomic E-state index is 0.0117. The summed E-state index contributed by atoms with van der Waals surface area (Å²) in [5.41, 5.74) is 0.230. The van der Waals surface area contributed by atoms with Gasteiger partial charge in [0.2, 0.25) is 10.0 Å². The molecule has 8 heteroatoms. The van der Waals surface area contributed by atoms with Gasteiger partial charge in [-0.3, -0.25) is 0 Å². The van der Waals surface area contributed by atoms with Crippen molar-refractivity contribution in [2.75, 3.05) is 10.6 Å². The van der Waals surface area contributed by atoms with Crippen LogP contribution in [0.25, 0.3) is 0 Å². The van der Waals surface area contributed by atoms with E-state index in [4.69, 9.17) is 5.14 Å². The van der Waals surface area contributed by atoms with Crippen molar-refractivity contribution >= 4 is 27.4 Å². The highest BCUT2D eigenvalue weighted by molar-refractivity contribution is 7.89. The van der Waals surface area contributed by atoms with Gasteiger partial charge in [0.15, 0.2) is 0 Å². The predicted octanol–water partition coefficient (Wildman–Crippen LogP) is 2.12. The van der Waals surface area contributed by atoms with Crippen LogP contribution in [0.4, 0.5) is 20.6 Å². The SMILES string of the molecule is NS(=O)(=O)c1cccc(NC(=O)Nc2ccccc2F)c1. The number of nitrogens with two attached hydrogens (primary N) is 1. The highest BCUT2D eigenvalue weighted by atomic mass is 32.2. The first-order valence-corrected chi connectivity index (χ1v) is 7.36. The van der Waals surface area contributed by atoms with Gasteiger partial charge >= 0.3 is 6.03 Å². The highest BCUT2D eigenvalue weighted by Crippen LogP contribution is 2.16. The molecule has 110 valence electrons. The maximum absolute atomic E-state index is 13.4. The number of carbonyl (C=O) groups is 1. The number of primary sulfonamides is 1. The lowest BCUT2D eigenvalue weighted by Crippen LogP contribution is -2.20. The quantitative estimate of drug-likeness (QED) is 0.809. The molecule has 0 fully saturated rings. The third-order valence-electron chi connectivity index (χ3n) is 2.54. The molecule has 0 unspecified atom stereocenters. The molecule has 0 aliphatic carbocycles. The highest BCUT2D eigenvalue weighted by Gasteiger charge is 2.10. The Balaban J connectivity index is 2.12. The number of anilines is 2. The predicted molar refractivity (Wildman–Crippen MR) is 76.9 cm³/mol. The molecule has 0 radical (unpaired) electrons. The van der Waals surface area contributed by atoms with Crippen LogP contribution in [0.5, 0.6) is 0 Å². The van der Waals surface area contributed by atoms with E-state index in [0.717, 1.165) is 0 Å². The number of urea groups is 1. The van der Waals surface area contributed by atoms with Crippen LogP contribution in [0.2, 0.25) is 0 Å². The Morgan fingerprint density at radius 2 is 1.76 bits per heavy atom. The number of benzene rings is 2. The Hall–Kier alpha value is -2.45. The smallest absolute Gasteiger partial charge is 0.308 e. The lowest BCUT2D eigenvalue weighted by Gasteiger charge is -2.09. The van der Waals surface area contributed by atoms with E-state index in [1.165, 1.54) is 42.5 Å². The number of hydrogen-bond donors (Lipinski definition) is 3. The van der Waals surface area contributed by atoms with Gasteiger partial charge < -0.3 is 10.6 Å². The molecule has 0 atom stereocenters. The molecule has 2 rings (SSSR count). The number of nitrogens with one attached hydrogen (secondary N) is 2. The van der Waals surface area contributed by atoms with Crippen LogP contribution in [0.3, 0.4) is 0 Å². The van der Waals surface area contributed by atoms with Crippen LogP contribution in [-0.2, 0) is 10.0 Å². The molecule has 0 aromatic heterocycles. The molecule has 0 saturated heterocycles. The number of para-hydroxylation sites is 1.